The van der Waals surface area contributed by atoms with E-state index in [1.165, 1.54) is 32.6 Å². The zero-order chi connectivity index (χ0) is 64.4. The number of rotatable bonds is 10. The van der Waals surface area contributed by atoms with Crippen LogP contribution in [0.5, 0.6) is 0 Å². The van der Waals surface area contributed by atoms with Gasteiger partial charge in [-0.1, -0.05) is 224 Å². The van der Waals surface area contributed by atoms with E-state index in [-0.39, 0.29) is 0 Å². The van der Waals surface area contributed by atoms with E-state index in [9.17, 15) is 0 Å². The van der Waals surface area contributed by atoms with Crippen molar-refractivity contribution < 1.29 is 0 Å². The Bertz CT molecular complexity index is 6490. The third-order valence-corrected chi connectivity index (χ3v) is 19.8. The second-order valence-electron chi connectivity index (χ2n) is 25.4. The van der Waals surface area contributed by atoms with Gasteiger partial charge in [0.15, 0.2) is 5.82 Å². The summed E-state index contributed by atoms with van der Waals surface area (Å²) < 4.78 is 9.46. The Hall–Kier alpha value is -13.3. The summed E-state index contributed by atoms with van der Waals surface area (Å²) in [5, 5.41) is 10.3. The lowest BCUT2D eigenvalue weighted by atomic mass is 9.98. The topological polar surface area (TPSA) is 71.3 Å². The Kier molecular flexibility index (Phi) is 12.5. The molecule has 0 aliphatic rings. The molecule has 0 atom stereocenters. The van der Waals surface area contributed by atoms with Crippen LogP contribution in [0.1, 0.15) is 0 Å². The maximum atomic E-state index is 5.50. The van der Waals surface area contributed by atoms with E-state index in [0.29, 0.717) is 11.8 Å². The normalized spacial score (nSPS) is 11.9. The first-order valence-corrected chi connectivity index (χ1v) is 33.3. The van der Waals surface area contributed by atoms with Gasteiger partial charge in [0.05, 0.1) is 66.7 Å². The molecule has 8 heteroatoms. The fourth-order valence-electron chi connectivity index (χ4n) is 15.3. The molecule has 0 amide bonds. The van der Waals surface area contributed by atoms with Gasteiger partial charge in [-0.15, -0.1) is 0 Å². The van der Waals surface area contributed by atoms with E-state index in [1.807, 2.05) is 12.1 Å². The second-order valence-corrected chi connectivity index (χ2v) is 25.4. The monoisotopic (exact) mass is 1250 g/mol. The van der Waals surface area contributed by atoms with Crippen LogP contribution in [0.4, 0.5) is 0 Å². The number of aromatic nitrogens is 8. The molecule has 0 spiro atoms. The highest BCUT2D eigenvalue weighted by molar-refractivity contribution is 6.15. The van der Waals surface area contributed by atoms with Gasteiger partial charge >= 0.3 is 0 Å². The third kappa shape index (κ3) is 8.85. The summed E-state index contributed by atoms with van der Waals surface area (Å²) in [7, 11) is 0. The molecule has 0 N–H and O–H groups in total. The summed E-state index contributed by atoms with van der Waals surface area (Å²) in [5.41, 5.74) is 23.8. The molecular formula is C90H56N8. The molecule has 6 heterocycles. The zero-order valence-electron chi connectivity index (χ0n) is 52.9. The molecule has 14 aromatic carbocycles. The van der Waals surface area contributed by atoms with Gasteiger partial charge in [-0.3, -0.25) is 4.57 Å². The van der Waals surface area contributed by atoms with Gasteiger partial charge in [0.25, 0.3) is 0 Å². The van der Waals surface area contributed by atoms with Crippen molar-refractivity contribution >= 4 is 98.1 Å². The van der Waals surface area contributed by atoms with Crippen LogP contribution >= 0.6 is 0 Å². The summed E-state index contributed by atoms with van der Waals surface area (Å²) in [6, 6.07) is 122. The lowest BCUT2D eigenvalue weighted by Gasteiger charge is -2.16. The predicted octanol–water partition coefficient (Wildman–Crippen LogP) is 22.8. The van der Waals surface area contributed by atoms with E-state index in [2.05, 4.69) is 346 Å². The van der Waals surface area contributed by atoms with Crippen molar-refractivity contribution in [2.24, 2.45) is 0 Å². The third-order valence-electron chi connectivity index (χ3n) is 19.8. The molecule has 0 saturated heterocycles. The Morgan fingerprint density at radius 1 is 0.184 bits per heavy atom. The molecule has 98 heavy (non-hydrogen) atoms. The highest BCUT2D eigenvalue weighted by Crippen LogP contribution is 2.44. The maximum absolute atomic E-state index is 5.50. The van der Waals surface area contributed by atoms with E-state index in [0.717, 1.165) is 144 Å². The molecule has 0 unspecified atom stereocenters. The Balaban J connectivity index is 0.786. The van der Waals surface area contributed by atoms with Crippen molar-refractivity contribution in [3.63, 3.8) is 0 Å². The molecule has 0 aliphatic carbocycles. The lowest BCUT2D eigenvalue weighted by molar-refractivity contribution is 1.01. The van der Waals surface area contributed by atoms with Crippen LogP contribution in [0.3, 0.4) is 0 Å². The molecule has 0 aliphatic heterocycles. The first kappa shape index (κ1) is 55.2. The molecule has 0 bridgehead atoms. The lowest BCUT2D eigenvalue weighted by Crippen LogP contribution is -2.03. The van der Waals surface area contributed by atoms with E-state index < -0.39 is 0 Å². The largest absolute Gasteiger partial charge is 0.309 e. The van der Waals surface area contributed by atoms with Crippen molar-refractivity contribution in [1.29, 1.82) is 0 Å². The first-order chi connectivity index (χ1) is 48.6. The number of hydrogen-bond donors (Lipinski definition) is 0. The minimum absolute atomic E-state index is 0.616. The van der Waals surface area contributed by atoms with Crippen LogP contribution in [0.15, 0.2) is 340 Å². The number of fused-ring (bicyclic) bond motifs is 13. The van der Waals surface area contributed by atoms with Gasteiger partial charge in [-0.2, -0.15) is 0 Å². The summed E-state index contributed by atoms with van der Waals surface area (Å²) >= 11 is 0. The molecular weight excluding hydrogens is 1190 g/mol. The van der Waals surface area contributed by atoms with Gasteiger partial charge in [0.2, 0.25) is 5.95 Å². The molecule has 456 valence electrons. The summed E-state index contributed by atoms with van der Waals surface area (Å²) in [6.45, 7) is 0. The van der Waals surface area contributed by atoms with Gasteiger partial charge in [-0.25, -0.2) is 19.9 Å². The summed E-state index contributed by atoms with van der Waals surface area (Å²) in [4.78, 5) is 21.8. The van der Waals surface area contributed by atoms with Crippen molar-refractivity contribution in [1.82, 2.24) is 38.2 Å². The average Bonchev–Trinajstić information content (AvgIpc) is 1.56. The van der Waals surface area contributed by atoms with Crippen LogP contribution in [-0.2, 0) is 0 Å². The van der Waals surface area contributed by atoms with Gasteiger partial charge < -0.3 is 13.7 Å². The number of benzene rings is 14. The van der Waals surface area contributed by atoms with E-state index in [1.54, 1.807) is 0 Å². The average molecular weight is 1250 g/mol. The predicted molar refractivity (Wildman–Crippen MR) is 405 cm³/mol. The smallest absolute Gasteiger partial charge is 0.235 e. The van der Waals surface area contributed by atoms with Crippen LogP contribution in [0.25, 0.3) is 189 Å². The fourth-order valence-corrected chi connectivity index (χ4v) is 15.3. The quantitative estimate of drug-likeness (QED) is 0.137. The summed E-state index contributed by atoms with van der Waals surface area (Å²) in [5.74, 6) is 1.25. The van der Waals surface area contributed by atoms with Crippen molar-refractivity contribution in [2.45, 2.75) is 0 Å². The van der Waals surface area contributed by atoms with Gasteiger partial charge in [-0.05, 0) is 138 Å². The second kappa shape index (κ2) is 22.2. The van der Waals surface area contributed by atoms with E-state index >= 15 is 0 Å². The van der Waals surface area contributed by atoms with Crippen LogP contribution < -0.4 is 0 Å². The Labute approximate surface area is 563 Å². The minimum atomic E-state index is 0.616. The number of nitrogens with zero attached hydrogens (tertiary/aromatic N) is 8. The van der Waals surface area contributed by atoms with Crippen molar-refractivity contribution in [2.75, 3.05) is 0 Å². The standard InChI is InChI=1S/C90H56N8/c1-5-23-57(24-6-1)78-56-79(58-25-7-2-8-26-58)92-89(91-78)64-49-66(96-80-37-19-14-31-68(80)69-32-15-20-38-81(69)96)55-67(50-64)97-83-40-22-17-34-71(83)74-52-61(42-46-85(74)97)63-44-48-87-76(54-63)75-53-62(60-41-45-84-73(51-60)70-33-16-21-39-82(70)95(84)65-29-11-4-12-30-65)43-47-86(75)98(87)90-93-77-36-18-13-35-72(77)88(94-90)59-27-9-3-10-28-59/h1-56H. The minimum Gasteiger partial charge on any atom is -0.309 e. The van der Waals surface area contributed by atoms with Gasteiger partial charge in [0, 0.05) is 87.8 Å². The fraction of sp³-hybridized carbons (Fsp3) is 0. The Morgan fingerprint density at radius 3 is 0.969 bits per heavy atom. The molecule has 8 nitrogen and oxygen atoms in total. The van der Waals surface area contributed by atoms with Crippen LogP contribution in [-0.4, -0.2) is 38.2 Å². The molecule has 0 radical (unpaired) electrons. The van der Waals surface area contributed by atoms with Crippen LogP contribution in [0, 0.1) is 0 Å². The molecule has 0 fully saturated rings. The highest BCUT2D eigenvalue weighted by atomic mass is 15.2. The maximum Gasteiger partial charge on any atom is 0.235 e. The number of para-hydroxylation sites is 6. The molecule has 20 rings (SSSR count). The molecule has 0 saturated carbocycles. The Morgan fingerprint density at radius 2 is 0.520 bits per heavy atom. The van der Waals surface area contributed by atoms with Crippen molar-refractivity contribution in [3.8, 4) is 90.4 Å². The number of hydrogen-bond acceptors (Lipinski definition) is 4. The zero-order valence-corrected chi connectivity index (χ0v) is 52.9. The first-order valence-electron chi connectivity index (χ1n) is 33.3. The summed E-state index contributed by atoms with van der Waals surface area (Å²) in [6.07, 6.45) is 0. The SMILES string of the molecule is c1ccc(-c2cc(-c3ccccc3)nc(-c3cc(-n4c5ccccc5c5ccccc54)cc(-n4c5ccccc5c5cc(-c6ccc7c(c6)c6cc(-c8ccc9c(c8)c8ccccc8n9-c8ccccc8)ccc6n7-c6nc(-c7ccccc7)c7ccccc7n6)ccc54)c3)n2)cc1. The van der Waals surface area contributed by atoms with Crippen molar-refractivity contribution in [3.05, 3.63) is 340 Å². The van der Waals surface area contributed by atoms with Gasteiger partial charge in [0.1, 0.15) is 0 Å². The van der Waals surface area contributed by atoms with Crippen LogP contribution in [0.2, 0.25) is 0 Å². The highest BCUT2D eigenvalue weighted by Gasteiger charge is 2.24. The molecule has 6 aromatic heterocycles. The van der Waals surface area contributed by atoms with E-state index in [4.69, 9.17) is 19.9 Å². The molecule has 20 aromatic rings.